The van der Waals surface area contributed by atoms with Crippen molar-refractivity contribution in [3.05, 3.63) is 75.7 Å². The highest BCUT2D eigenvalue weighted by Crippen LogP contribution is 2.32. The lowest BCUT2D eigenvalue weighted by Crippen LogP contribution is -2.27. The number of hydrogen-bond acceptors (Lipinski definition) is 3. The van der Waals surface area contributed by atoms with Crippen LogP contribution in [0.3, 0.4) is 0 Å². The van der Waals surface area contributed by atoms with Crippen molar-refractivity contribution in [2.45, 2.75) is 32.0 Å². The number of carbonyl (C=O) groups is 1. The van der Waals surface area contributed by atoms with Crippen molar-refractivity contribution in [1.82, 2.24) is 10.3 Å². The van der Waals surface area contributed by atoms with Gasteiger partial charge in [-0.1, -0.05) is 35.3 Å². The van der Waals surface area contributed by atoms with Crippen LogP contribution in [0.25, 0.3) is 11.3 Å². The average Bonchev–Trinajstić information content (AvgIpc) is 3.14. The van der Waals surface area contributed by atoms with Gasteiger partial charge in [-0.05, 0) is 42.8 Å². The average molecular weight is 457 g/mol. The number of nitrogens with one attached hydrogen (secondary N) is 1. The van der Waals surface area contributed by atoms with Crippen molar-refractivity contribution >= 4 is 29.1 Å². The Morgan fingerprint density at radius 2 is 1.97 bits per heavy atom. The quantitative estimate of drug-likeness (QED) is 0.461. The zero-order valence-electron chi connectivity index (χ0n) is 15.8. The number of halogens is 5. The predicted octanol–water partition coefficient (Wildman–Crippen LogP) is 6.48. The van der Waals surface area contributed by atoms with Gasteiger partial charge in [-0.25, -0.2) is 4.98 Å². The number of rotatable bonds is 6. The summed E-state index contributed by atoms with van der Waals surface area (Å²) in [7, 11) is 0. The molecule has 1 heterocycles. The van der Waals surface area contributed by atoms with Crippen LogP contribution in [0, 0.1) is 0 Å². The highest BCUT2D eigenvalue weighted by molar-refractivity contribution is 6.36. The number of hydrogen-bond donors (Lipinski definition) is 1. The molecule has 30 heavy (non-hydrogen) atoms. The van der Waals surface area contributed by atoms with Gasteiger partial charge in [0.15, 0.2) is 11.7 Å². The molecule has 1 amide bonds. The molecule has 9 heteroatoms. The molecule has 2 aromatic carbocycles. The molecule has 0 bridgehead atoms. The number of oxazole rings is 1. The van der Waals surface area contributed by atoms with Crippen LogP contribution in [0.2, 0.25) is 10.0 Å². The zero-order chi connectivity index (χ0) is 21.9. The van der Waals surface area contributed by atoms with Crippen LogP contribution >= 0.6 is 23.2 Å². The van der Waals surface area contributed by atoms with Crippen molar-refractivity contribution < 1.29 is 22.4 Å². The minimum atomic E-state index is -4.44. The van der Waals surface area contributed by atoms with Crippen molar-refractivity contribution in [2.24, 2.45) is 0 Å². The van der Waals surface area contributed by atoms with Gasteiger partial charge >= 0.3 is 6.18 Å². The molecule has 4 nitrogen and oxygen atoms in total. The van der Waals surface area contributed by atoms with Gasteiger partial charge in [0, 0.05) is 23.4 Å². The lowest BCUT2D eigenvalue weighted by molar-refractivity contribution is -0.137. The molecule has 0 aliphatic rings. The van der Waals surface area contributed by atoms with Crippen LogP contribution in [0.15, 0.2) is 53.1 Å². The normalized spacial score (nSPS) is 12.6. The first kappa shape index (κ1) is 22.2. The van der Waals surface area contributed by atoms with Crippen LogP contribution in [0.1, 0.15) is 36.4 Å². The standard InChI is InChI=1S/C21H17Cl2F3N2O2/c1-12(13-3-2-4-14(9-13)21(24,25)26)28-19(29)7-8-20-27-11-18(30-20)16-6-5-15(22)10-17(16)23/h2-6,9-12H,7-8H2,1H3,(H,28,29). The molecule has 0 radical (unpaired) electrons. The van der Waals surface area contributed by atoms with Crippen LogP contribution in [-0.4, -0.2) is 10.9 Å². The lowest BCUT2D eigenvalue weighted by atomic mass is 10.0. The van der Waals surface area contributed by atoms with Crippen LogP contribution in [0.4, 0.5) is 13.2 Å². The number of alkyl halides is 3. The van der Waals surface area contributed by atoms with E-state index in [1.807, 2.05) is 0 Å². The molecule has 1 aromatic heterocycles. The van der Waals surface area contributed by atoms with E-state index in [1.165, 1.54) is 18.3 Å². The molecule has 1 N–H and O–H groups in total. The van der Waals surface area contributed by atoms with E-state index in [9.17, 15) is 18.0 Å². The minimum absolute atomic E-state index is 0.0671. The smallest absolute Gasteiger partial charge is 0.416 e. The number of amides is 1. The molecule has 3 aromatic rings. The molecular weight excluding hydrogens is 440 g/mol. The third kappa shape index (κ3) is 5.55. The summed E-state index contributed by atoms with van der Waals surface area (Å²) in [5.74, 6) is 0.464. The van der Waals surface area contributed by atoms with Gasteiger partial charge in [-0.2, -0.15) is 13.2 Å². The number of benzene rings is 2. The summed E-state index contributed by atoms with van der Waals surface area (Å²) in [4.78, 5) is 16.4. The molecule has 1 unspecified atom stereocenters. The zero-order valence-corrected chi connectivity index (χ0v) is 17.3. The lowest BCUT2D eigenvalue weighted by Gasteiger charge is -2.16. The van der Waals surface area contributed by atoms with E-state index in [-0.39, 0.29) is 18.7 Å². The fourth-order valence-electron chi connectivity index (χ4n) is 2.84. The second-order valence-corrected chi connectivity index (χ2v) is 7.50. The maximum atomic E-state index is 12.9. The van der Waals surface area contributed by atoms with Gasteiger partial charge in [0.1, 0.15) is 0 Å². The maximum Gasteiger partial charge on any atom is 0.416 e. The molecule has 0 aliphatic heterocycles. The molecule has 0 saturated heterocycles. The monoisotopic (exact) mass is 456 g/mol. The topological polar surface area (TPSA) is 55.1 Å². The summed E-state index contributed by atoms with van der Waals surface area (Å²) in [6, 6.07) is 9.27. The highest BCUT2D eigenvalue weighted by atomic mass is 35.5. The Morgan fingerprint density at radius 1 is 1.20 bits per heavy atom. The number of carbonyl (C=O) groups excluding carboxylic acids is 1. The van der Waals surface area contributed by atoms with Crippen molar-refractivity contribution in [3.8, 4) is 11.3 Å². The highest BCUT2D eigenvalue weighted by Gasteiger charge is 2.30. The van der Waals surface area contributed by atoms with E-state index < -0.39 is 17.8 Å². The molecular formula is C21H17Cl2F3N2O2. The SMILES string of the molecule is CC(NC(=O)CCc1ncc(-c2ccc(Cl)cc2Cl)o1)c1cccc(C(F)(F)F)c1. The number of aryl methyl sites for hydroxylation is 1. The minimum Gasteiger partial charge on any atom is -0.441 e. The van der Waals surface area contributed by atoms with Gasteiger partial charge < -0.3 is 9.73 Å². The summed E-state index contributed by atoms with van der Waals surface area (Å²) >= 11 is 12.0. The van der Waals surface area contributed by atoms with E-state index in [0.717, 1.165) is 12.1 Å². The summed E-state index contributed by atoms with van der Waals surface area (Å²) < 4.78 is 44.2. The van der Waals surface area contributed by atoms with Gasteiger partial charge in [-0.3, -0.25) is 4.79 Å². The summed E-state index contributed by atoms with van der Waals surface area (Å²) in [6.07, 6.45) is -2.63. The van der Waals surface area contributed by atoms with Crippen LogP contribution in [0.5, 0.6) is 0 Å². The van der Waals surface area contributed by atoms with Gasteiger partial charge in [0.25, 0.3) is 0 Å². The molecule has 0 saturated carbocycles. The molecule has 0 aliphatic carbocycles. The first-order chi connectivity index (χ1) is 14.1. The first-order valence-corrected chi connectivity index (χ1v) is 9.75. The summed E-state index contributed by atoms with van der Waals surface area (Å²) in [5, 5.41) is 3.60. The molecule has 158 valence electrons. The molecule has 3 rings (SSSR count). The third-order valence-corrected chi connectivity index (χ3v) is 4.96. The van der Waals surface area contributed by atoms with Crippen molar-refractivity contribution in [3.63, 3.8) is 0 Å². The number of nitrogens with zero attached hydrogens (tertiary/aromatic N) is 1. The van der Waals surface area contributed by atoms with Gasteiger partial charge in [0.2, 0.25) is 5.91 Å². The summed E-state index contributed by atoms with van der Waals surface area (Å²) in [5.41, 5.74) is 0.241. The van der Waals surface area contributed by atoms with Crippen LogP contribution in [-0.2, 0) is 17.4 Å². The van der Waals surface area contributed by atoms with Crippen molar-refractivity contribution in [2.75, 3.05) is 0 Å². The maximum absolute atomic E-state index is 12.9. The predicted molar refractivity (Wildman–Crippen MR) is 108 cm³/mol. The Kier molecular flexibility index (Phi) is 6.73. The Bertz CT molecular complexity index is 1050. The first-order valence-electron chi connectivity index (χ1n) is 9.00. The second kappa shape index (κ2) is 9.10. The van der Waals surface area contributed by atoms with Gasteiger partial charge in [0.05, 0.1) is 22.8 Å². The fourth-order valence-corrected chi connectivity index (χ4v) is 3.34. The molecule has 0 spiro atoms. The summed E-state index contributed by atoms with van der Waals surface area (Å²) in [6.45, 7) is 1.62. The van der Waals surface area contributed by atoms with E-state index in [1.54, 1.807) is 25.1 Å². The Labute approximate surface area is 181 Å². The molecule has 1 atom stereocenters. The van der Waals surface area contributed by atoms with Gasteiger partial charge in [-0.15, -0.1) is 0 Å². The number of aromatic nitrogens is 1. The second-order valence-electron chi connectivity index (χ2n) is 6.65. The Hall–Kier alpha value is -2.51. The van der Waals surface area contributed by atoms with Crippen molar-refractivity contribution in [1.29, 1.82) is 0 Å². The largest absolute Gasteiger partial charge is 0.441 e. The van der Waals surface area contributed by atoms with Crippen LogP contribution < -0.4 is 5.32 Å². The van der Waals surface area contributed by atoms with E-state index >= 15 is 0 Å². The van der Waals surface area contributed by atoms with E-state index in [0.29, 0.717) is 32.8 Å². The third-order valence-electron chi connectivity index (χ3n) is 4.41. The Morgan fingerprint density at radius 3 is 2.67 bits per heavy atom. The Balaban J connectivity index is 1.58. The van der Waals surface area contributed by atoms with E-state index in [2.05, 4.69) is 10.3 Å². The molecule has 0 fully saturated rings. The fraction of sp³-hybridized carbons (Fsp3) is 0.238. The van der Waals surface area contributed by atoms with E-state index in [4.69, 9.17) is 27.6 Å².